The summed E-state index contributed by atoms with van der Waals surface area (Å²) in [5.41, 5.74) is 0.521. The van der Waals surface area contributed by atoms with Gasteiger partial charge in [0.2, 0.25) is 11.8 Å². The SMILES string of the molecule is O=C(NCc1cc(F)cc(Cl)c1)C1CCN(CO)C1=O. The third-order valence-corrected chi connectivity index (χ3v) is 3.39. The van der Waals surface area contributed by atoms with E-state index in [9.17, 15) is 14.0 Å². The van der Waals surface area contributed by atoms with Crippen molar-refractivity contribution in [3.63, 3.8) is 0 Å². The number of hydrogen-bond donors (Lipinski definition) is 2. The molecule has 2 amide bonds. The molecule has 2 N–H and O–H groups in total. The lowest BCUT2D eigenvalue weighted by atomic mass is 10.1. The fourth-order valence-electron chi connectivity index (χ4n) is 2.15. The van der Waals surface area contributed by atoms with Crippen LogP contribution >= 0.6 is 11.6 Å². The minimum atomic E-state index is -0.786. The molecule has 7 heteroatoms. The highest BCUT2D eigenvalue weighted by Gasteiger charge is 2.36. The van der Waals surface area contributed by atoms with Gasteiger partial charge in [0.1, 0.15) is 18.5 Å². The Bertz CT molecular complexity index is 518. The lowest BCUT2D eigenvalue weighted by molar-refractivity contribution is -0.139. The fraction of sp³-hybridized carbons (Fsp3) is 0.385. The molecule has 0 radical (unpaired) electrons. The number of amides is 2. The number of aliphatic hydroxyl groups excluding tert-OH is 1. The molecule has 1 fully saturated rings. The average molecular weight is 301 g/mol. The summed E-state index contributed by atoms with van der Waals surface area (Å²) in [5.74, 6) is -2.08. The largest absolute Gasteiger partial charge is 0.376 e. The number of aliphatic hydroxyl groups is 1. The maximum absolute atomic E-state index is 13.1. The van der Waals surface area contributed by atoms with E-state index in [2.05, 4.69) is 5.32 Å². The summed E-state index contributed by atoms with van der Waals surface area (Å²) in [5, 5.41) is 11.7. The number of halogens is 2. The highest BCUT2D eigenvalue weighted by Crippen LogP contribution is 2.18. The number of nitrogens with one attached hydrogen (secondary N) is 1. The van der Waals surface area contributed by atoms with Crippen LogP contribution in [0.4, 0.5) is 4.39 Å². The molecule has 20 heavy (non-hydrogen) atoms. The molecule has 1 heterocycles. The maximum Gasteiger partial charge on any atom is 0.237 e. The molecule has 0 aliphatic carbocycles. The van der Waals surface area contributed by atoms with Gasteiger partial charge < -0.3 is 15.3 Å². The summed E-state index contributed by atoms with van der Waals surface area (Å²) in [7, 11) is 0. The summed E-state index contributed by atoms with van der Waals surface area (Å²) in [6.45, 7) is 0.0700. The van der Waals surface area contributed by atoms with Gasteiger partial charge in [-0.2, -0.15) is 0 Å². The van der Waals surface area contributed by atoms with Crippen LogP contribution < -0.4 is 5.32 Å². The molecule has 1 saturated heterocycles. The van der Waals surface area contributed by atoms with Gasteiger partial charge in [-0.25, -0.2) is 4.39 Å². The minimum absolute atomic E-state index is 0.0964. The van der Waals surface area contributed by atoms with Gasteiger partial charge in [-0.3, -0.25) is 9.59 Å². The Morgan fingerprint density at radius 1 is 1.50 bits per heavy atom. The van der Waals surface area contributed by atoms with Crippen molar-refractivity contribution in [3.8, 4) is 0 Å². The molecule has 1 aromatic rings. The molecule has 0 aromatic heterocycles. The first kappa shape index (κ1) is 14.7. The fourth-order valence-corrected chi connectivity index (χ4v) is 2.39. The van der Waals surface area contributed by atoms with Crippen molar-refractivity contribution < 1.29 is 19.1 Å². The average Bonchev–Trinajstić information content (AvgIpc) is 2.76. The Kier molecular flexibility index (Phi) is 4.57. The third kappa shape index (κ3) is 3.26. The maximum atomic E-state index is 13.1. The molecular formula is C13H14ClFN2O3. The predicted molar refractivity (Wildman–Crippen MR) is 70.2 cm³/mol. The van der Waals surface area contributed by atoms with Crippen LogP contribution in [0.5, 0.6) is 0 Å². The molecule has 1 aliphatic rings. The summed E-state index contributed by atoms with van der Waals surface area (Å²) < 4.78 is 13.1. The van der Waals surface area contributed by atoms with E-state index in [1.54, 1.807) is 6.07 Å². The number of carbonyl (C=O) groups excluding carboxylic acids is 2. The molecule has 5 nitrogen and oxygen atoms in total. The zero-order valence-corrected chi connectivity index (χ0v) is 11.4. The molecule has 2 rings (SSSR count). The number of carbonyl (C=O) groups is 2. The Morgan fingerprint density at radius 2 is 2.25 bits per heavy atom. The molecule has 0 spiro atoms. The number of likely N-dealkylation sites (tertiary alicyclic amines) is 1. The topological polar surface area (TPSA) is 69.6 Å². The normalized spacial score (nSPS) is 18.4. The molecule has 1 atom stereocenters. The lowest BCUT2D eigenvalue weighted by Gasteiger charge is -2.13. The summed E-state index contributed by atoms with van der Waals surface area (Å²) in [4.78, 5) is 24.8. The second kappa shape index (κ2) is 6.19. The van der Waals surface area contributed by atoms with E-state index in [-0.39, 0.29) is 24.2 Å². The van der Waals surface area contributed by atoms with E-state index in [4.69, 9.17) is 16.7 Å². The zero-order chi connectivity index (χ0) is 14.7. The number of rotatable bonds is 4. The van der Waals surface area contributed by atoms with Crippen LogP contribution in [0.2, 0.25) is 5.02 Å². The molecule has 108 valence electrons. The van der Waals surface area contributed by atoms with Gasteiger partial charge in [-0.1, -0.05) is 11.6 Å². The predicted octanol–water partition coefficient (Wildman–Crippen LogP) is 0.894. The van der Waals surface area contributed by atoms with Crippen LogP contribution in [0.1, 0.15) is 12.0 Å². The van der Waals surface area contributed by atoms with E-state index in [0.29, 0.717) is 18.5 Å². The minimum Gasteiger partial charge on any atom is -0.376 e. The van der Waals surface area contributed by atoms with Gasteiger partial charge in [0.15, 0.2) is 0 Å². The first-order valence-corrected chi connectivity index (χ1v) is 6.51. The van der Waals surface area contributed by atoms with Gasteiger partial charge in [0, 0.05) is 18.1 Å². The third-order valence-electron chi connectivity index (χ3n) is 3.17. The number of benzene rings is 1. The smallest absolute Gasteiger partial charge is 0.237 e. The highest BCUT2D eigenvalue weighted by molar-refractivity contribution is 6.30. The Labute approximate surface area is 120 Å². The first-order chi connectivity index (χ1) is 9.51. The Hall–Kier alpha value is -1.66. The van der Waals surface area contributed by atoms with Crippen LogP contribution in [0.25, 0.3) is 0 Å². The van der Waals surface area contributed by atoms with Crippen molar-refractivity contribution in [2.45, 2.75) is 13.0 Å². The summed E-state index contributed by atoms with van der Waals surface area (Å²) in [6.07, 6.45) is 0.370. The van der Waals surface area contributed by atoms with Gasteiger partial charge >= 0.3 is 0 Å². The Morgan fingerprint density at radius 3 is 2.85 bits per heavy atom. The van der Waals surface area contributed by atoms with Gasteiger partial charge in [0.05, 0.1) is 0 Å². The highest BCUT2D eigenvalue weighted by atomic mass is 35.5. The van der Waals surface area contributed by atoms with E-state index >= 15 is 0 Å². The van der Waals surface area contributed by atoms with Gasteiger partial charge in [-0.05, 0) is 30.2 Å². The first-order valence-electron chi connectivity index (χ1n) is 6.13. The van der Waals surface area contributed by atoms with Crippen molar-refractivity contribution in [2.75, 3.05) is 13.3 Å². The van der Waals surface area contributed by atoms with Gasteiger partial charge in [0.25, 0.3) is 0 Å². The van der Waals surface area contributed by atoms with Crippen LogP contribution in [-0.4, -0.2) is 35.1 Å². The quantitative estimate of drug-likeness (QED) is 0.812. The van der Waals surface area contributed by atoms with Crippen LogP contribution in [0.15, 0.2) is 18.2 Å². The summed E-state index contributed by atoms with van der Waals surface area (Å²) in [6, 6.07) is 3.98. The second-order valence-electron chi connectivity index (χ2n) is 4.58. The number of nitrogens with zero attached hydrogens (tertiary/aromatic N) is 1. The van der Waals surface area contributed by atoms with Crippen molar-refractivity contribution in [2.24, 2.45) is 5.92 Å². The zero-order valence-electron chi connectivity index (χ0n) is 10.6. The van der Waals surface area contributed by atoms with Crippen LogP contribution in [0.3, 0.4) is 0 Å². The summed E-state index contributed by atoms with van der Waals surface area (Å²) >= 11 is 5.71. The molecule has 0 bridgehead atoms. The second-order valence-corrected chi connectivity index (χ2v) is 5.02. The molecule has 1 aromatic carbocycles. The monoisotopic (exact) mass is 300 g/mol. The Balaban J connectivity index is 1.94. The van der Waals surface area contributed by atoms with Crippen LogP contribution in [-0.2, 0) is 16.1 Å². The van der Waals surface area contributed by atoms with E-state index < -0.39 is 17.6 Å². The molecule has 0 saturated carbocycles. The van der Waals surface area contributed by atoms with E-state index in [0.717, 1.165) is 0 Å². The van der Waals surface area contributed by atoms with Gasteiger partial charge in [-0.15, -0.1) is 0 Å². The van der Waals surface area contributed by atoms with E-state index in [1.807, 2.05) is 0 Å². The number of hydrogen-bond acceptors (Lipinski definition) is 3. The van der Waals surface area contributed by atoms with Crippen molar-refractivity contribution in [1.29, 1.82) is 0 Å². The van der Waals surface area contributed by atoms with Crippen molar-refractivity contribution >= 4 is 23.4 Å². The molecule has 1 unspecified atom stereocenters. The van der Waals surface area contributed by atoms with Crippen molar-refractivity contribution in [3.05, 3.63) is 34.6 Å². The lowest BCUT2D eigenvalue weighted by Crippen LogP contribution is -2.36. The van der Waals surface area contributed by atoms with Crippen LogP contribution in [0, 0.1) is 11.7 Å². The molecule has 1 aliphatic heterocycles. The van der Waals surface area contributed by atoms with E-state index in [1.165, 1.54) is 17.0 Å². The standard InChI is InChI=1S/C13H14ClFN2O3/c14-9-3-8(4-10(15)5-9)6-16-12(19)11-1-2-17(7-18)13(11)20/h3-5,11,18H,1-2,6-7H2,(H,16,19). The molecular weight excluding hydrogens is 287 g/mol. The van der Waals surface area contributed by atoms with Crippen molar-refractivity contribution in [1.82, 2.24) is 10.2 Å².